The van der Waals surface area contributed by atoms with Crippen LogP contribution in [0.15, 0.2) is 60.8 Å². The van der Waals surface area contributed by atoms with Gasteiger partial charge < -0.3 is 10.1 Å². The Morgan fingerprint density at radius 2 is 1.73 bits per heavy atom. The van der Waals surface area contributed by atoms with Gasteiger partial charge in [-0.05, 0) is 50.6 Å². The molecule has 5 nitrogen and oxygen atoms in total. The largest absolute Gasteiger partial charge is 0.444 e. The van der Waals surface area contributed by atoms with E-state index in [1.54, 1.807) is 57.2 Å². The number of halogens is 1. The minimum atomic E-state index is -0.649. The lowest BCUT2D eigenvalue weighted by atomic mass is 10.1. The maximum Gasteiger partial charge on any atom is 0.411 e. The minimum absolute atomic E-state index is 0.252. The summed E-state index contributed by atoms with van der Waals surface area (Å²) >= 11 is 6.03. The van der Waals surface area contributed by atoms with E-state index in [1.165, 1.54) is 6.20 Å². The van der Waals surface area contributed by atoms with Crippen molar-refractivity contribution in [3.05, 3.63) is 71.4 Å². The van der Waals surface area contributed by atoms with Gasteiger partial charge >= 0.3 is 6.09 Å². The number of benzene rings is 2. The second-order valence-corrected chi connectivity index (χ2v) is 6.97. The zero-order valence-corrected chi connectivity index (χ0v) is 15.6. The molecular formula is C20H21ClN2O3. The molecule has 2 rings (SSSR count). The highest BCUT2D eigenvalue weighted by Crippen LogP contribution is 2.20. The van der Waals surface area contributed by atoms with Crippen LogP contribution in [0.1, 0.15) is 26.3 Å². The number of rotatable bonds is 4. The van der Waals surface area contributed by atoms with Crippen molar-refractivity contribution < 1.29 is 14.3 Å². The van der Waals surface area contributed by atoms with Crippen LogP contribution in [0, 0.1) is 0 Å². The maximum atomic E-state index is 12.7. The topological polar surface area (TPSA) is 67.4 Å². The third-order valence-electron chi connectivity index (χ3n) is 3.15. The van der Waals surface area contributed by atoms with E-state index in [1.807, 2.05) is 18.2 Å². The molecule has 0 atom stereocenters. The summed E-state index contributed by atoms with van der Waals surface area (Å²) < 4.78 is 5.19. The molecule has 2 aromatic rings. The van der Waals surface area contributed by atoms with E-state index in [0.29, 0.717) is 16.3 Å². The van der Waals surface area contributed by atoms with Gasteiger partial charge in [0.15, 0.2) is 0 Å². The van der Waals surface area contributed by atoms with Crippen molar-refractivity contribution >= 4 is 34.9 Å². The fraction of sp³-hybridized carbons (Fsp3) is 0.200. The monoisotopic (exact) mass is 372 g/mol. The van der Waals surface area contributed by atoms with Gasteiger partial charge in [-0.2, -0.15) is 0 Å². The quantitative estimate of drug-likeness (QED) is 0.754. The standard InChI is InChI=1S/C20H21ClN2O3/c1-20(2,3)26-19(25)22-13-17(14-8-7-9-15(21)12-14)18(24)23-16-10-5-4-6-11-16/h4-13H,1-3H3,(H,22,25)(H,23,24)/b17-13-. The van der Waals surface area contributed by atoms with Crippen LogP contribution in [0.5, 0.6) is 0 Å². The third-order valence-corrected chi connectivity index (χ3v) is 3.38. The van der Waals surface area contributed by atoms with Crippen LogP contribution in [-0.2, 0) is 9.53 Å². The van der Waals surface area contributed by atoms with Crippen molar-refractivity contribution in [2.45, 2.75) is 26.4 Å². The van der Waals surface area contributed by atoms with Crippen molar-refractivity contribution in [2.24, 2.45) is 0 Å². The van der Waals surface area contributed by atoms with E-state index in [0.717, 1.165) is 0 Å². The number of carbonyl (C=O) groups excluding carboxylic acids is 2. The molecule has 0 heterocycles. The predicted octanol–water partition coefficient (Wildman–Crippen LogP) is 4.84. The van der Waals surface area contributed by atoms with Crippen molar-refractivity contribution in [3.8, 4) is 0 Å². The molecule has 136 valence electrons. The van der Waals surface area contributed by atoms with E-state index < -0.39 is 11.7 Å². The number of hydrogen-bond donors (Lipinski definition) is 2. The van der Waals surface area contributed by atoms with Gasteiger partial charge in [0.05, 0.1) is 5.57 Å². The molecule has 0 bridgehead atoms. The summed E-state index contributed by atoms with van der Waals surface area (Å²) in [5.74, 6) is -0.380. The molecule has 0 spiro atoms. The van der Waals surface area contributed by atoms with E-state index in [-0.39, 0.29) is 11.5 Å². The Hall–Kier alpha value is -2.79. The lowest BCUT2D eigenvalue weighted by Crippen LogP contribution is -2.30. The summed E-state index contributed by atoms with van der Waals surface area (Å²) in [6.07, 6.45) is 0.669. The summed E-state index contributed by atoms with van der Waals surface area (Å²) in [6, 6.07) is 15.9. The Morgan fingerprint density at radius 3 is 2.35 bits per heavy atom. The first-order valence-corrected chi connectivity index (χ1v) is 8.44. The average Bonchev–Trinajstić information content (AvgIpc) is 2.54. The highest BCUT2D eigenvalue weighted by atomic mass is 35.5. The Balaban J connectivity index is 2.25. The van der Waals surface area contributed by atoms with Crippen molar-refractivity contribution in [1.29, 1.82) is 0 Å². The van der Waals surface area contributed by atoms with Crippen LogP contribution in [-0.4, -0.2) is 17.6 Å². The first-order valence-electron chi connectivity index (χ1n) is 8.06. The molecule has 2 aromatic carbocycles. The highest BCUT2D eigenvalue weighted by Gasteiger charge is 2.17. The van der Waals surface area contributed by atoms with Gasteiger partial charge in [0.2, 0.25) is 0 Å². The molecule has 0 saturated carbocycles. The van der Waals surface area contributed by atoms with Crippen LogP contribution in [0.3, 0.4) is 0 Å². The predicted molar refractivity (Wildman–Crippen MR) is 104 cm³/mol. The SMILES string of the molecule is CC(C)(C)OC(=O)N/C=C(\C(=O)Nc1ccccc1)c1cccc(Cl)c1. The van der Waals surface area contributed by atoms with E-state index in [9.17, 15) is 9.59 Å². The van der Waals surface area contributed by atoms with E-state index in [2.05, 4.69) is 10.6 Å². The molecule has 6 heteroatoms. The molecule has 0 aliphatic heterocycles. The smallest absolute Gasteiger partial charge is 0.411 e. The zero-order chi connectivity index (χ0) is 19.2. The van der Waals surface area contributed by atoms with Gasteiger partial charge in [0.25, 0.3) is 5.91 Å². The van der Waals surface area contributed by atoms with Crippen molar-refractivity contribution in [2.75, 3.05) is 5.32 Å². The van der Waals surface area contributed by atoms with Gasteiger partial charge in [0.1, 0.15) is 5.60 Å². The molecule has 0 aliphatic rings. The summed E-state index contributed by atoms with van der Waals surface area (Å²) in [7, 11) is 0. The first-order chi connectivity index (χ1) is 12.2. The number of nitrogens with one attached hydrogen (secondary N) is 2. The molecular weight excluding hydrogens is 352 g/mol. The molecule has 0 aliphatic carbocycles. The molecule has 2 N–H and O–H groups in total. The maximum absolute atomic E-state index is 12.7. The second-order valence-electron chi connectivity index (χ2n) is 6.53. The Kier molecular flexibility index (Phi) is 6.41. The number of ether oxygens (including phenoxy) is 1. The van der Waals surface area contributed by atoms with Crippen LogP contribution < -0.4 is 10.6 Å². The summed E-state index contributed by atoms with van der Waals surface area (Å²) in [5, 5.41) is 5.77. The zero-order valence-electron chi connectivity index (χ0n) is 14.9. The van der Waals surface area contributed by atoms with Crippen molar-refractivity contribution in [1.82, 2.24) is 5.32 Å². The Bertz CT molecular complexity index is 811. The summed E-state index contributed by atoms with van der Waals surface area (Å²) in [5.41, 5.74) is 0.826. The Morgan fingerprint density at radius 1 is 1.04 bits per heavy atom. The molecule has 0 saturated heterocycles. The molecule has 0 fully saturated rings. The van der Waals surface area contributed by atoms with Crippen LogP contribution in [0.2, 0.25) is 5.02 Å². The number of para-hydroxylation sites is 1. The van der Waals surface area contributed by atoms with Gasteiger partial charge in [-0.3, -0.25) is 10.1 Å². The number of alkyl carbamates (subject to hydrolysis) is 1. The minimum Gasteiger partial charge on any atom is -0.444 e. The number of hydrogen-bond acceptors (Lipinski definition) is 3. The summed E-state index contributed by atoms with van der Waals surface area (Å²) in [4.78, 5) is 24.6. The second kappa shape index (κ2) is 8.54. The lowest BCUT2D eigenvalue weighted by Gasteiger charge is -2.19. The van der Waals surface area contributed by atoms with Gasteiger partial charge in [-0.25, -0.2) is 4.79 Å². The number of anilines is 1. The van der Waals surface area contributed by atoms with Crippen LogP contribution in [0.25, 0.3) is 5.57 Å². The van der Waals surface area contributed by atoms with Crippen LogP contribution >= 0.6 is 11.6 Å². The number of carbonyl (C=O) groups is 2. The lowest BCUT2D eigenvalue weighted by molar-refractivity contribution is -0.111. The van der Waals surface area contributed by atoms with E-state index >= 15 is 0 Å². The molecule has 0 aromatic heterocycles. The van der Waals surface area contributed by atoms with Crippen LogP contribution in [0.4, 0.5) is 10.5 Å². The fourth-order valence-corrected chi connectivity index (χ4v) is 2.28. The van der Waals surface area contributed by atoms with Crippen molar-refractivity contribution in [3.63, 3.8) is 0 Å². The molecule has 0 unspecified atom stereocenters. The highest BCUT2D eigenvalue weighted by molar-refractivity contribution is 6.31. The third kappa shape index (κ3) is 6.26. The molecule has 0 radical (unpaired) electrons. The Labute approximate surface area is 158 Å². The average molecular weight is 373 g/mol. The van der Waals surface area contributed by atoms with Gasteiger partial charge in [-0.15, -0.1) is 0 Å². The number of amides is 2. The van der Waals surface area contributed by atoms with Gasteiger partial charge in [-0.1, -0.05) is 41.9 Å². The normalized spacial score (nSPS) is 11.6. The summed E-state index contributed by atoms with van der Waals surface area (Å²) in [6.45, 7) is 5.28. The van der Waals surface area contributed by atoms with E-state index in [4.69, 9.17) is 16.3 Å². The fourth-order valence-electron chi connectivity index (χ4n) is 2.09. The molecule has 26 heavy (non-hydrogen) atoms. The molecule has 2 amide bonds. The first kappa shape index (κ1) is 19.5. The van der Waals surface area contributed by atoms with Gasteiger partial charge in [0, 0.05) is 16.9 Å².